The van der Waals surface area contributed by atoms with E-state index in [-0.39, 0.29) is 26.5 Å². The molecule has 38 heavy (non-hydrogen) atoms. The second-order valence-electron chi connectivity index (χ2n) is 8.55. The number of halogens is 4. The number of fused-ring (bicyclic) bond motifs is 1. The predicted octanol–water partition coefficient (Wildman–Crippen LogP) is 6.15. The topological polar surface area (TPSA) is 88.5 Å². The van der Waals surface area contributed by atoms with Crippen molar-refractivity contribution in [2.75, 3.05) is 16.2 Å². The highest BCUT2D eigenvalue weighted by Crippen LogP contribution is 2.37. The van der Waals surface area contributed by atoms with Gasteiger partial charge < -0.3 is 5.32 Å². The fourth-order valence-electron chi connectivity index (χ4n) is 3.83. The summed E-state index contributed by atoms with van der Waals surface area (Å²) in [7, 11) is -4.49. The van der Waals surface area contributed by atoms with Gasteiger partial charge in [0.15, 0.2) is 0 Å². The van der Waals surface area contributed by atoms with Gasteiger partial charge in [-0.15, -0.1) is 0 Å². The Hall–Kier alpha value is -3.35. The molecular weight excluding hydrogens is 563 g/mol. The summed E-state index contributed by atoms with van der Waals surface area (Å²) in [6.45, 7) is 2.87. The Labute approximate surface area is 225 Å². The monoisotopic (exact) mass is 583 g/mol. The van der Waals surface area contributed by atoms with E-state index in [1.54, 1.807) is 28.8 Å². The molecule has 0 aliphatic rings. The SMILES string of the molecule is CC(C)n1c(=O)sc2cc(NC(=O)CN(c3cc(C(F)(F)F)ccc3Cl)S(=O)(=O)c3ccccc3)ccc21. The first kappa shape index (κ1) is 27.7. The maximum atomic E-state index is 13.5. The van der Waals surface area contributed by atoms with Crippen LogP contribution in [0.3, 0.4) is 0 Å². The van der Waals surface area contributed by atoms with Crippen LogP contribution in [0.5, 0.6) is 0 Å². The highest BCUT2D eigenvalue weighted by atomic mass is 35.5. The van der Waals surface area contributed by atoms with Crippen LogP contribution in [0.15, 0.2) is 76.4 Å². The molecule has 3 aromatic carbocycles. The summed E-state index contributed by atoms with van der Waals surface area (Å²) in [5, 5.41) is 2.28. The molecule has 0 fully saturated rings. The maximum Gasteiger partial charge on any atom is 0.416 e. The molecule has 0 aliphatic heterocycles. The highest BCUT2D eigenvalue weighted by Gasteiger charge is 2.34. The number of amides is 1. The minimum atomic E-state index is -4.77. The van der Waals surface area contributed by atoms with Crippen molar-refractivity contribution >= 4 is 60.5 Å². The molecule has 7 nitrogen and oxygen atoms in total. The van der Waals surface area contributed by atoms with E-state index in [0.717, 1.165) is 23.5 Å². The molecule has 4 aromatic rings. The molecule has 0 aliphatic carbocycles. The van der Waals surface area contributed by atoms with Gasteiger partial charge in [0.1, 0.15) is 6.54 Å². The average Bonchev–Trinajstić information content (AvgIpc) is 3.18. The molecule has 1 aromatic heterocycles. The smallest absolute Gasteiger partial charge is 0.324 e. The van der Waals surface area contributed by atoms with Gasteiger partial charge in [-0.1, -0.05) is 41.1 Å². The number of anilines is 2. The second kappa shape index (κ2) is 10.4. The molecule has 13 heteroatoms. The summed E-state index contributed by atoms with van der Waals surface area (Å²) in [5.74, 6) is -0.826. The van der Waals surface area contributed by atoms with E-state index in [0.29, 0.717) is 20.6 Å². The third kappa shape index (κ3) is 5.57. The number of carbonyl (C=O) groups excluding carboxylic acids is 1. The first-order valence-electron chi connectivity index (χ1n) is 11.2. The molecule has 1 amide bonds. The van der Waals surface area contributed by atoms with Crippen molar-refractivity contribution in [3.63, 3.8) is 0 Å². The van der Waals surface area contributed by atoms with Crippen LogP contribution in [0.1, 0.15) is 25.5 Å². The lowest BCUT2D eigenvalue weighted by molar-refractivity contribution is -0.137. The normalized spacial score (nSPS) is 12.2. The van der Waals surface area contributed by atoms with Crippen LogP contribution in [-0.2, 0) is 21.0 Å². The van der Waals surface area contributed by atoms with Crippen LogP contribution in [-0.4, -0.2) is 25.4 Å². The Morgan fingerprint density at radius 3 is 2.39 bits per heavy atom. The Bertz CT molecular complexity index is 1670. The Kier molecular flexibility index (Phi) is 7.60. The molecule has 0 saturated heterocycles. The number of sulfonamides is 1. The second-order valence-corrected chi connectivity index (χ2v) is 11.8. The van der Waals surface area contributed by atoms with Gasteiger partial charge in [0.25, 0.3) is 10.0 Å². The van der Waals surface area contributed by atoms with Crippen molar-refractivity contribution in [2.45, 2.75) is 31.0 Å². The zero-order valence-electron chi connectivity index (χ0n) is 20.0. The molecule has 1 N–H and O–H groups in total. The Morgan fingerprint density at radius 1 is 1.08 bits per heavy atom. The number of carbonyl (C=O) groups is 1. The minimum Gasteiger partial charge on any atom is -0.324 e. The predicted molar refractivity (Wildman–Crippen MR) is 143 cm³/mol. The summed E-state index contributed by atoms with van der Waals surface area (Å²) in [6.07, 6.45) is -4.77. The van der Waals surface area contributed by atoms with Crippen LogP contribution in [0.25, 0.3) is 10.2 Å². The number of hydrogen-bond donors (Lipinski definition) is 1. The van der Waals surface area contributed by atoms with Gasteiger partial charge in [0.2, 0.25) is 5.91 Å². The molecule has 0 bridgehead atoms. The summed E-state index contributed by atoms with van der Waals surface area (Å²) in [5.41, 5.74) is -0.660. The lowest BCUT2D eigenvalue weighted by atomic mass is 10.2. The van der Waals surface area contributed by atoms with Crippen molar-refractivity contribution in [1.82, 2.24) is 4.57 Å². The van der Waals surface area contributed by atoms with Crippen LogP contribution in [0.2, 0.25) is 5.02 Å². The van der Waals surface area contributed by atoms with Gasteiger partial charge in [-0.2, -0.15) is 13.2 Å². The van der Waals surface area contributed by atoms with Crippen LogP contribution in [0, 0.1) is 0 Å². The number of nitrogens with zero attached hydrogens (tertiary/aromatic N) is 2. The summed E-state index contributed by atoms with van der Waals surface area (Å²) >= 11 is 7.14. The first-order valence-corrected chi connectivity index (χ1v) is 13.8. The van der Waals surface area contributed by atoms with E-state index < -0.39 is 39.9 Å². The zero-order valence-corrected chi connectivity index (χ0v) is 22.4. The number of benzene rings is 3. The van der Waals surface area contributed by atoms with Gasteiger partial charge in [-0.25, -0.2) is 8.42 Å². The van der Waals surface area contributed by atoms with Crippen molar-refractivity contribution in [3.8, 4) is 0 Å². The standard InChI is InChI=1S/C25H21ClF3N3O4S2/c1-15(2)32-20-11-9-17(13-22(20)37-24(32)34)30-23(33)14-31(38(35,36)18-6-4-3-5-7-18)21-12-16(25(27,28)29)8-10-19(21)26/h3-13,15H,14H2,1-2H3,(H,30,33). The van der Waals surface area contributed by atoms with Crippen molar-refractivity contribution < 1.29 is 26.4 Å². The molecule has 1 heterocycles. The summed E-state index contributed by atoms with van der Waals surface area (Å²) < 4.78 is 70.0. The van der Waals surface area contributed by atoms with E-state index in [2.05, 4.69) is 5.32 Å². The molecule has 200 valence electrons. The Balaban J connectivity index is 1.72. The highest BCUT2D eigenvalue weighted by molar-refractivity contribution is 7.92. The van der Waals surface area contributed by atoms with Gasteiger partial charge >= 0.3 is 11.0 Å². The Morgan fingerprint density at radius 2 is 1.76 bits per heavy atom. The molecule has 0 saturated carbocycles. The third-order valence-electron chi connectivity index (χ3n) is 5.57. The van der Waals surface area contributed by atoms with Crippen molar-refractivity contribution in [1.29, 1.82) is 0 Å². The van der Waals surface area contributed by atoms with E-state index in [4.69, 9.17) is 11.6 Å². The lowest BCUT2D eigenvalue weighted by Crippen LogP contribution is -2.38. The number of rotatable bonds is 7. The molecule has 4 rings (SSSR count). The quantitative estimate of drug-likeness (QED) is 0.283. The van der Waals surface area contributed by atoms with Gasteiger partial charge in [0, 0.05) is 11.7 Å². The fraction of sp³-hybridized carbons (Fsp3) is 0.200. The van der Waals surface area contributed by atoms with Crippen LogP contribution in [0.4, 0.5) is 24.5 Å². The largest absolute Gasteiger partial charge is 0.416 e. The minimum absolute atomic E-state index is 0.0781. The molecular formula is C25H21ClF3N3O4S2. The van der Waals surface area contributed by atoms with E-state index in [1.165, 1.54) is 24.3 Å². The molecule has 0 radical (unpaired) electrons. The maximum absolute atomic E-state index is 13.5. The first-order chi connectivity index (χ1) is 17.8. The third-order valence-corrected chi connectivity index (χ3v) is 8.59. The summed E-state index contributed by atoms with van der Waals surface area (Å²) in [6, 6.07) is 13.9. The lowest BCUT2D eigenvalue weighted by Gasteiger charge is -2.26. The number of alkyl halides is 3. The van der Waals surface area contributed by atoms with E-state index >= 15 is 0 Å². The van der Waals surface area contributed by atoms with Crippen molar-refractivity contribution in [3.05, 3.63) is 87.0 Å². The van der Waals surface area contributed by atoms with Crippen LogP contribution < -0.4 is 14.5 Å². The van der Waals surface area contributed by atoms with Gasteiger partial charge in [-0.3, -0.25) is 18.5 Å². The van der Waals surface area contributed by atoms with E-state index in [9.17, 15) is 31.2 Å². The number of nitrogens with one attached hydrogen (secondary N) is 1. The van der Waals surface area contributed by atoms with Gasteiger partial charge in [-0.05, 0) is 62.4 Å². The number of hydrogen-bond acceptors (Lipinski definition) is 5. The summed E-state index contributed by atoms with van der Waals surface area (Å²) in [4.78, 5) is 25.0. The molecule has 0 atom stereocenters. The molecule has 0 spiro atoms. The zero-order chi connectivity index (χ0) is 27.8. The number of thiazole rings is 1. The average molecular weight is 584 g/mol. The van der Waals surface area contributed by atoms with E-state index in [1.807, 2.05) is 13.8 Å². The fourth-order valence-corrected chi connectivity index (χ4v) is 6.61. The van der Waals surface area contributed by atoms with Crippen molar-refractivity contribution in [2.24, 2.45) is 0 Å². The van der Waals surface area contributed by atoms with Gasteiger partial charge in [0.05, 0.1) is 31.4 Å². The number of aromatic nitrogens is 1. The van der Waals surface area contributed by atoms with Crippen LogP contribution >= 0.6 is 22.9 Å². The molecule has 0 unspecified atom stereocenters.